The van der Waals surface area contributed by atoms with Gasteiger partial charge in [-0.1, -0.05) is 30.3 Å². The molecule has 0 bridgehead atoms. The normalized spacial score (nSPS) is 18.8. The van der Waals surface area contributed by atoms with E-state index in [2.05, 4.69) is 0 Å². The van der Waals surface area contributed by atoms with E-state index in [1.165, 1.54) is 16.2 Å². The number of benzene rings is 2. The standard InChI is InChI=1S/C20H22N2O4/c1-24-17-12-15-8-10-21(11-9-16(15)13-18(17)25-2)20(23)22-19(26-22)14-6-4-3-5-7-14/h3-7,12-13,19H,8-11H2,1-2H3. The number of hydroxylamine groups is 2. The third kappa shape index (κ3) is 3.08. The molecule has 0 N–H and O–H groups in total. The summed E-state index contributed by atoms with van der Waals surface area (Å²) in [5, 5.41) is 1.45. The molecule has 6 heteroatoms. The largest absolute Gasteiger partial charge is 0.493 e. The van der Waals surface area contributed by atoms with Crippen LogP contribution in [0.15, 0.2) is 42.5 Å². The fraction of sp³-hybridized carbons (Fsp3) is 0.350. The van der Waals surface area contributed by atoms with Crippen LogP contribution in [0, 0.1) is 0 Å². The van der Waals surface area contributed by atoms with Crippen molar-refractivity contribution in [2.24, 2.45) is 0 Å². The second kappa shape index (κ2) is 6.88. The molecular weight excluding hydrogens is 332 g/mol. The summed E-state index contributed by atoms with van der Waals surface area (Å²) in [7, 11) is 3.27. The zero-order valence-electron chi connectivity index (χ0n) is 15.0. The number of amides is 2. The Hall–Kier alpha value is -2.73. The molecule has 2 aromatic carbocycles. The molecule has 6 nitrogen and oxygen atoms in total. The minimum absolute atomic E-state index is 0.0782. The Morgan fingerprint density at radius 2 is 1.58 bits per heavy atom. The average molecular weight is 354 g/mol. The van der Waals surface area contributed by atoms with Crippen molar-refractivity contribution >= 4 is 6.03 Å². The van der Waals surface area contributed by atoms with Crippen LogP contribution in [0.25, 0.3) is 0 Å². The van der Waals surface area contributed by atoms with Crippen molar-refractivity contribution in [3.05, 3.63) is 59.2 Å². The molecule has 2 amide bonds. The van der Waals surface area contributed by atoms with Gasteiger partial charge in [0.25, 0.3) is 0 Å². The van der Waals surface area contributed by atoms with Crippen molar-refractivity contribution in [3.8, 4) is 11.5 Å². The van der Waals surface area contributed by atoms with E-state index in [4.69, 9.17) is 14.3 Å². The van der Waals surface area contributed by atoms with Crippen molar-refractivity contribution in [2.45, 2.75) is 19.1 Å². The number of ether oxygens (including phenoxy) is 2. The first-order valence-corrected chi connectivity index (χ1v) is 8.75. The summed E-state index contributed by atoms with van der Waals surface area (Å²) in [4.78, 5) is 20.1. The summed E-state index contributed by atoms with van der Waals surface area (Å²) in [6.45, 7) is 1.31. The molecule has 0 aromatic heterocycles. The van der Waals surface area contributed by atoms with E-state index in [0.717, 1.165) is 29.9 Å². The van der Waals surface area contributed by atoms with Crippen molar-refractivity contribution in [2.75, 3.05) is 27.3 Å². The topological polar surface area (TPSA) is 54.3 Å². The number of urea groups is 1. The number of nitrogens with zero attached hydrogens (tertiary/aromatic N) is 2. The number of rotatable bonds is 3. The highest BCUT2D eigenvalue weighted by molar-refractivity contribution is 5.75. The first kappa shape index (κ1) is 16.7. The lowest BCUT2D eigenvalue weighted by Crippen LogP contribution is -2.36. The molecule has 2 aliphatic rings. The highest BCUT2D eigenvalue weighted by atomic mass is 16.8. The Morgan fingerprint density at radius 3 is 2.12 bits per heavy atom. The lowest BCUT2D eigenvalue weighted by atomic mass is 10.0. The number of carbonyl (C=O) groups excluding carboxylic acids is 1. The SMILES string of the molecule is COc1cc2c(cc1OC)CCN(C(=O)N1OC1c1ccccc1)CC2. The van der Waals surface area contributed by atoms with Crippen molar-refractivity contribution in [3.63, 3.8) is 0 Å². The first-order valence-electron chi connectivity index (χ1n) is 8.75. The predicted molar refractivity (Wildman–Crippen MR) is 96.0 cm³/mol. The van der Waals surface area contributed by atoms with E-state index in [1.54, 1.807) is 14.2 Å². The molecule has 0 spiro atoms. The van der Waals surface area contributed by atoms with Gasteiger partial charge in [-0.3, -0.25) is 0 Å². The predicted octanol–water partition coefficient (Wildman–Crippen LogP) is 3.17. The number of carbonyl (C=O) groups is 1. The molecule has 4 rings (SSSR count). The summed E-state index contributed by atoms with van der Waals surface area (Å²) < 4.78 is 10.8. The molecule has 2 aliphatic heterocycles. The van der Waals surface area contributed by atoms with E-state index in [9.17, 15) is 4.79 Å². The lowest BCUT2D eigenvalue weighted by molar-refractivity contribution is 0.139. The van der Waals surface area contributed by atoms with Crippen LogP contribution in [0.1, 0.15) is 22.9 Å². The first-order chi connectivity index (χ1) is 12.7. The Bertz CT molecular complexity index is 774. The number of hydrogen-bond donors (Lipinski definition) is 0. The van der Waals surface area contributed by atoms with Gasteiger partial charge in [0, 0.05) is 18.7 Å². The molecule has 136 valence electrons. The van der Waals surface area contributed by atoms with Crippen LogP contribution < -0.4 is 9.47 Å². The summed E-state index contributed by atoms with van der Waals surface area (Å²) in [5.74, 6) is 1.45. The van der Waals surface area contributed by atoms with Crippen LogP contribution in [0.2, 0.25) is 0 Å². The van der Waals surface area contributed by atoms with E-state index < -0.39 is 0 Å². The van der Waals surface area contributed by atoms with Gasteiger partial charge in [-0.05, 0) is 36.1 Å². The fourth-order valence-electron chi connectivity index (χ4n) is 3.42. The highest BCUT2D eigenvalue weighted by Gasteiger charge is 2.44. The van der Waals surface area contributed by atoms with Crippen LogP contribution in [-0.4, -0.2) is 43.3 Å². The van der Waals surface area contributed by atoms with E-state index in [0.29, 0.717) is 13.1 Å². The third-order valence-corrected chi connectivity index (χ3v) is 4.93. The second-order valence-corrected chi connectivity index (χ2v) is 6.44. The van der Waals surface area contributed by atoms with E-state index in [-0.39, 0.29) is 12.3 Å². The quantitative estimate of drug-likeness (QED) is 0.795. The Kier molecular flexibility index (Phi) is 4.42. The maximum Gasteiger partial charge on any atom is 0.346 e. The molecular formula is C20H22N2O4. The van der Waals surface area contributed by atoms with Crippen LogP contribution in [0.3, 0.4) is 0 Å². The molecule has 1 saturated heterocycles. The van der Waals surface area contributed by atoms with Crippen LogP contribution in [-0.2, 0) is 17.7 Å². The molecule has 2 aromatic rings. The van der Waals surface area contributed by atoms with Gasteiger partial charge >= 0.3 is 6.03 Å². The van der Waals surface area contributed by atoms with Gasteiger partial charge in [-0.2, -0.15) is 5.06 Å². The molecule has 1 atom stereocenters. The average Bonchev–Trinajstić information content (AvgIpc) is 3.50. The summed E-state index contributed by atoms with van der Waals surface area (Å²) in [5.41, 5.74) is 3.39. The van der Waals surface area contributed by atoms with E-state index >= 15 is 0 Å². The molecule has 1 fully saturated rings. The zero-order valence-corrected chi connectivity index (χ0v) is 15.0. The van der Waals surface area contributed by atoms with Gasteiger partial charge in [-0.15, -0.1) is 0 Å². The minimum atomic E-state index is -0.269. The number of fused-ring (bicyclic) bond motifs is 1. The van der Waals surface area contributed by atoms with Crippen molar-refractivity contribution < 1.29 is 19.1 Å². The summed E-state index contributed by atoms with van der Waals surface area (Å²) in [6.07, 6.45) is 1.30. The molecule has 0 saturated carbocycles. The number of methoxy groups -OCH3 is 2. The Morgan fingerprint density at radius 1 is 1.00 bits per heavy atom. The maximum absolute atomic E-state index is 12.8. The van der Waals surface area contributed by atoms with Gasteiger partial charge in [0.2, 0.25) is 6.23 Å². The van der Waals surface area contributed by atoms with Gasteiger partial charge in [0.15, 0.2) is 11.5 Å². The Balaban J connectivity index is 1.45. The van der Waals surface area contributed by atoms with Crippen LogP contribution >= 0.6 is 0 Å². The van der Waals surface area contributed by atoms with Gasteiger partial charge < -0.3 is 14.4 Å². The summed E-state index contributed by atoms with van der Waals surface area (Å²) >= 11 is 0. The maximum atomic E-state index is 12.8. The van der Waals surface area contributed by atoms with Crippen molar-refractivity contribution in [1.29, 1.82) is 0 Å². The minimum Gasteiger partial charge on any atom is -0.493 e. The van der Waals surface area contributed by atoms with Gasteiger partial charge in [0.05, 0.1) is 14.2 Å². The Labute approximate surface area is 152 Å². The van der Waals surface area contributed by atoms with Crippen LogP contribution in [0.5, 0.6) is 11.5 Å². The monoisotopic (exact) mass is 354 g/mol. The zero-order chi connectivity index (χ0) is 18.1. The van der Waals surface area contributed by atoms with E-state index in [1.807, 2.05) is 47.4 Å². The van der Waals surface area contributed by atoms with Gasteiger partial charge in [0.1, 0.15) is 0 Å². The molecule has 0 aliphatic carbocycles. The third-order valence-electron chi connectivity index (χ3n) is 4.93. The lowest BCUT2D eigenvalue weighted by Gasteiger charge is -2.19. The molecule has 2 heterocycles. The van der Waals surface area contributed by atoms with Crippen LogP contribution in [0.4, 0.5) is 4.79 Å². The second-order valence-electron chi connectivity index (χ2n) is 6.44. The summed E-state index contributed by atoms with van der Waals surface area (Å²) in [6, 6.07) is 13.7. The van der Waals surface area contributed by atoms with Crippen molar-refractivity contribution in [1.82, 2.24) is 9.96 Å². The molecule has 1 unspecified atom stereocenters. The number of hydrogen-bond acceptors (Lipinski definition) is 4. The highest BCUT2D eigenvalue weighted by Crippen LogP contribution is 2.38. The van der Waals surface area contributed by atoms with Gasteiger partial charge in [-0.25, -0.2) is 9.63 Å². The molecule has 0 radical (unpaired) electrons. The smallest absolute Gasteiger partial charge is 0.346 e. The fourth-order valence-corrected chi connectivity index (χ4v) is 3.42. The molecule has 26 heavy (non-hydrogen) atoms.